The molecular formula is C12H12N2O2. The van der Waals surface area contributed by atoms with Crippen LogP contribution in [0.3, 0.4) is 0 Å². The third-order valence-electron chi connectivity index (χ3n) is 2.08. The summed E-state index contributed by atoms with van der Waals surface area (Å²) in [5, 5.41) is 0. The highest BCUT2D eigenvalue weighted by molar-refractivity contribution is 5.56. The van der Waals surface area contributed by atoms with E-state index in [1.165, 1.54) is 0 Å². The molecule has 0 bridgehead atoms. The molecule has 16 heavy (non-hydrogen) atoms. The second kappa shape index (κ2) is 4.53. The summed E-state index contributed by atoms with van der Waals surface area (Å²) < 4.78 is 10.7. The van der Waals surface area contributed by atoms with E-state index in [0.29, 0.717) is 22.9 Å². The summed E-state index contributed by atoms with van der Waals surface area (Å²) in [6.45, 7) is 0. The van der Waals surface area contributed by atoms with Crippen molar-refractivity contribution < 1.29 is 9.47 Å². The molecule has 2 aromatic rings. The third-order valence-corrected chi connectivity index (χ3v) is 2.08. The van der Waals surface area contributed by atoms with Crippen molar-refractivity contribution in [2.24, 2.45) is 0 Å². The van der Waals surface area contributed by atoms with Crippen LogP contribution >= 0.6 is 0 Å². The Balaban J connectivity index is 2.27. The van der Waals surface area contributed by atoms with E-state index in [9.17, 15) is 0 Å². The van der Waals surface area contributed by atoms with E-state index in [4.69, 9.17) is 15.2 Å². The van der Waals surface area contributed by atoms with E-state index in [0.717, 1.165) is 0 Å². The minimum atomic E-state index is 0.560. The molecule has 0 spiro atoms. The lowest BCUT2D eigenvalue weighted by atomic mass is 10.3. The summed E-state index contributed by atoms with van der Waals surface area (Å²) in [5.41, 5.74) is 6.35. The van der Waals surface area contributed by atoms with Gasteiger partial charge in [0, 0.05) is 12.3 Å². The quantitative estimate of drug-likeness (QED) is 0.801. The first kappa shape index (κ1) is 10.3. The lowest BCUT2D eigenvalue weighted by molar-refractivity contribution is 0.409. The molecule has 0 unspecified atom stereocenters. The van der Waals surface area contributed by atoms with Gasteiger partial charge in [0.2, 0.25) is 0 Å². The zero-order chi connectivity index (χ0) is 11.4. The number of hydrogen-bond acceptors (Lipinski definition) is 4. The zero-order valence-electron chi connectivity index (χ0n) is 8.88. The predicted molar refractivity (Wildman–Crippen MR) is 61.7 cm³/mol. The van der Waals surface area contributed by atoms with E-state index >= 15 is 0 Å². The van der Waals surface area contributed by atoms with Crippen LogP contribution in [0.1, 0.15) is 0 Å². The molecule has 0 saturated heterocycles. The number of pyridine rings is 1. The number of ether oxygens (including phenoxy) is 2. The Morgan fingerprint density at radius 2 is 2.06 bits per heavy atom. The highest BCUT2D eigenvalue weighted by Gasteiger charge is 2.03. The first-order valence-corrected chi connectivity index (χ1v) is 4.81. The van der Waals surface area contributed by atoms with Crippen LogP contribution in [0.25, 0.3) is 0 Å². The predicted octanol–water partition coefficient (Wildman–Crippen LogP) is 2.46. The molecule has 4 heteroatoms. The average molecular weight is 216 g/mol. The molecule has 4 nitrogen and oxygen atoms in total. The highest BCUT2D eigenvalue weighted by Crippen LogP contribution is 2.30. The van der Waals surface area contributed by atoms with Crippen LogP contribution in [-0.4, -0.2) is 12.1 Å². The fraction of sp³-hybridized carbons (Fsp3) is 0.0833. The minimum absolute atomic E-state index is 0.560. The lowest BCUT2D eigenvalue weighted by Gasteiger charge is -2.09. The Morgan fingerprint density at radius 1 is 1.19 bits per heavy atom. The van der Waals surface area contributed by atoms with Crippen molar-refractivity contribution in [2.45, 2.75) is 0 Å². The topological polar surface area (TPSA) is 57.4 Å². The van der Waals surface area contributed by atoms with Gasteiger partial charge in [-0.15, -0.1) is 0 Å². The molecule has 82 valence electrons. The first-order chi connectivity index (χ1) is 7.79. The van der Waals surface area contributed by atoms with Crippen molar-refractivity contribution in [1.29, 1.82) is 0 Å². The monoisotopic (exact) mass is 216 g/mol. The van der Waals surface area contributed by atoms with Crippen LogP contribution in [0.2, 0.25) is 0 Å². The van der Waals surface area contributed by atoms with Crippen LogP contribution in [0, 0.1) is 0 Å². The van der Waals surface area contributed by atoms with Gasteiger partial charge < -0.3 is 15.2 Å². The Hall–Kier alpha value is -2.23. The minimum Gasteiger partial charge on any atom is -0.497 e. The number of nitrogen functional groups attached to an aromatic ring is 1. The lowest BCUT2D eigenvalue weighted by Crippen LogP contribution is -1.93. The van der Waals surface area contributed by atoms with Crippen molar-refractivity contribution in [1.82, 2.24) is 4.98 Å². The van der Waals surface area contributed by atoms with Gasteiger partial charge in [-0.2, -0.15) is 0 Å². The normalized spacial score (nSPS) is 9.81. The van der Waals surface area contributed by atoms with Crippen LogP contribution in [0.4, 0.5) is 5.69 Å². The van der Waals surface area contributed by atoms with Gasteiger partial charge in [0.15, 0.2) is 5.75 Å². The van der Waals surface area contributed by atoms with Gasteiger partial charge in [-0.1, -0.05) is 0 Å². The smallest absolute Gasteiger partial charge is 0.154 e. The third kappa shape index (κ3) is 2.23. The molecule has 0 aliphatic heterocycles. The maximum absolute atomic E-state index is 5.79. The molecule has 1 aromatic heterocycles. The number of aromatic nitrogens is 1. The van der Waals surface area contributed by atoms with Crippen molar-refractivity contribution in [3.8, 4) is 17.2 Å². The van der Waals surface area contributed by atoms with E-state index in [1.54, 1.807) is 43.8 Å². The number of benzene rings is 1. The molecule has 2 N–H and O–H groups in total. The van der Waals surface area contributed by atoms with Crippen LogP contribution in [-0.2, 0) is 0 Å². The molecule has 0 fully saturated rings. The fourth-order valence-electron chi connectivity index (χ4n) is 1.26. The summed E-state index contributed by atoms with van der Waals surface area (Å²) >= 11 is 0. The van der Waals surface area contributed by atoms with Gasteiger partial charge >= 0.3 is 0 Å². The van der Waals surface area contributed by atoms with Crippen molar-refractivity contribution in [2.75, 3.05) is 12.8 Å². The van der Waals surface area contributed by atoms with Crippen LogP contribution < -0.4 is 15.2 Å². The highest BCUT2D eigenvalue weighted by atomic mass is 16.5. The molecular weight excluding hydrogens is 204 g/mol. The average Bonchev–Trinajstić information content (AvgIpc) is 2.33. The maximum Gasteiger partial charge on any atom is 0.154 e. The van der Waals surface area contributed by atoms with Gasteiger partial charge in [0.1, 0.15) is 11.5 Å². The number of nitrogens with zero attached hydrogens (tertiary/aromatic N) is 1. The second-order valence-corrected chi connectivity index (χ2v) is 3.19. The molecule has 0 amide bonds. The first-order valence-electron chi connectivity index (χ1n) is 4.81. The Kier molecular flexibility index (Phi) is 2.91. The Bertz CT molecular complexity index is 472. The van der Waals surface area contributed by atoms with E-state index in [2.05, 4.69) is 4.98 Å². The molecule has 1 aromatic carbocycles. The number of methoxy groups -OCH3 is 1. The second-order valence-electron chi connectivity index (χ2n) is 3.19. The number of rotatable bonds is 3. The molecule has 0 radical (unpaired) electrons. The molecule has 0 aliphatic rings. The van der Waals surface area contributed by atoms with E-state index in [1.807, 2.05) is 6.07 Å². The van der Waals surface area contributed by atoms with Crippen molar-refractivity contribution in [3.63, 3.8) is 0 Å². The summed E-state index contributed by atoms with van der Waals surface area (Å²) in [4.78, 5) is 3.96. The zero-order valence-corrected chi connectivity index (χ0v) is 8.88. The molecule has 0 aliphatic carbocycles. The molecule has 0 atom stereocenters. The van der Waals surface area contributed by atoms with Crippen LogP contribution in [0.15, 0.2) is 42.7 Å². The number of hydrogen-bond donors (Lipinski definition) is 1. The summed E-state index contributed by atoms with van der Waals surface area (Å²) in [5.74, 6) is 1.91. The largest absolute Gasteiger partial charge is 0.497 e. The SMILES string of the molecule is COc1ccc(N)c(Oc2cccnc2)c1. The number of nitrogens with two attached hydrogens (primary N) is 1. The Morgan fingerprint density at radius 3 is 2.75 bits per heavy atom. The standard InChI is InChI=1S/C12H12N2O2/c1-15-9-4-5-11(13)12(7-9)16-10-3-2-6-14-8-10/h2-8H,13H2,1H3. The van der Waals surface area contributed by atoms with Gasteiger partial charge in [0.25, 0.3) is 0 Å². The number of anilines is 1. The van der Waals surface area contributed by atoms with Gasteiger partial charge in [-0.05, 0) is 24.3 Å². The van der Waals surface area contributed by atoms with Gasteiger partial charge in [-0.3, -0.25) is 4.98 Å². The maximum atomic E-state index is 5.79. The van der Waals surface area contributed by atoms with Gasteiger partial charge in [0.05, 0.1) is 19.0 Å². The summed E-state index contributed by atoms with van der Waals surface area (Å²) in [6, 6.07) is 8.87. The van der Waals surface area contributed by atoms with E-state index in [-0.39, 0.29) is 0 Å². The van der Waals surface area contributed by atoms with Crippen LogP contribution in [0.5, 0.6) is 17.2 Å². The van der Waals surface area contributed by atoms with Gasteiger partial charge in [-0.25, -0.2) is 0 Å². The summed E-state index contributed by atoms with van der Waals surface area (Å²) in [7, 11) is 1.60. The molecule has 2 rings (SSSR count). The Labute approximate surface area is 93.6 Å². The molecule has 1 heterocycles. The fourth-order valence-corrected chi connectivity index (χ4v) is 1.26. The summed E-state index contributed by atoms with van der Waals surface area (Å²) in [6.07, 6.45) is 3.31. The van der Waals surface area contributed by atoms with Crippen molar-refractivity contribution >= 4 is 5.69 Å². The van der Waals surface area contributed by atoms with Crippen molar-refractivity contribution in [3.05, 3.63) is 42.7 Å². The molecule has 0 saturated carbocycles. The van der Waals surface area contributed by atoms with E-state index < -0.39 is 0 Å².